The van der Waals surface area contributed by atoms with E-state index in [-0.39, 0.29) is 0 Å². The number of nitrogens with one attached hydrogen (secondary N) is 1. The van der Waals surface area contributed by atoms with Crippen molar-refractivity contribution in [2.45, 2.75) is 45.6 Å². The maximum Gasteiger partial charge on any atom is 0.125 e. The van der Waals surface area contributed by atoms with Crippen molar-refractivity contribution >= 4 is 0 Å². The van der Waals surface area contributed by atoms with Crippen molar-refractivity contribution < 1.29 is 4.74 Å². The van der Waals surface area contributed by atoms with E-state index in [4.69, 9.17) is 9.72 Å². The van der Waals surface area contributed by atoms with Gasteiger partial charge in [-0.2, -0.15) is 0 Å². The Morgan fingerprint density at radius 3 is 2.09 bits per heavy atom. The Balaban J connectivity index is 1.60. The van der Waals surface area contributed by atoms with Crippen LogP contribution in [0, 0.1) is 0 Å². The standard InChI is InChI=1S/C32H36N2O/c1-4-25-17-12-18-26(5-2)32(25)30-20-31(35-3)29(23-34-30)19-28(27-15-10-7-11-16-27)22-33-21-24-13-8-6-9-14-24/h6-18,20,23,28,33H,4-5,19,21-22H2,1-3H3. The zero-order chi connectivity index (χ0) is 24.5. The van der Waals surface area contributed by atoms with Gasteiger partial charge < -0.3 is 10.1 Å². The summed E-state index contributed by atoms with van der Waals surface area (Å²) in [6.07, 6.45) is 4.85. The molecule has 35 heavy (non-hydrogen) atoms. The second kappa shape index (κ2) is 12.3. The van der Waals surface area contributed by atoms with E-state index < -0.39 is 0 Å². The molecule has 1 aromatic heterocycles. The van der Waals surface area contributed by atoms with Gasteiger partial charge >= 0.3 is 0 Å². The van der Waals surface area contributed by atoms with Crippen LogP contribution >= 0.6 is 0 Å². The van der Waals surface area contributed by atoms with Gasteiger partial charge in [0, 0.05) is 42.4 Å². The van der Waals surface area contributed by atoms with Gasteiger partial charge in [-0.3, -0.25) is 4.98 Å². The summed E-state index contributed by atoms with van der Waals surface area (Å²) in [6, 6.07) is 30.0. The molecule has 1 atom stereocenters. The van der Waals surface area contributed by atoms with Crippen molar-refractivity contribution in [3.63, 3.8) is 0 Å². The molecule has 3 nitrogen and oxygen atoms in total. The van der Waals surface area contributed by atoms with Gasteiger partial charge in [0.15, 0.2) is 0 Å². The lowest BCUT2D eigenvalue weighted by Crippen LogP contribution is -2.23. The average Bonchev–Trinajstić information content (AvgIpc) is 2.93. The molecule has 0 fully saturated rings. The molecule has 0 radical (unpaired) electrons. The summed E-state index contributed by atoms with van der Waals surface area (Å²) in [6.45, 7) is 6.14. The summed E-state index contributed by atoms with van der Waals surface area (Å²) in [4.78, 5) is 4.95. The van der Waals surface area contributed by atoms with E-state index in [2.05, 4.69) is 104 Å². The van der Waals surface area contributed by atoms with Crippen molar-refractivity contribution in [3.8, 4) is 17.0 Å². The molecular formula is C32H36N2O. The van der Waals surface area contributed by atoms with Crippen molar-refractivity contribution in [1.29, 1.82) is 0 Å². The second-order valence-corrected chi connectivity index (χ2v) is 8.97. The smallest absolute Gasteiger partial charge is 0.125 e. The van der Waals surface area contributed by atoms with Gasteiger partial charge in [-0.05, 0) is 41.5 Å². The van der Waals surface area contributed by atoms with E-state index >= 15 is 0 Å². The van der Waals surface area contributed by atoms with Crippen LogP contribution in [-0.2, 0) is 25.8 Å². The summed E-state index contributed by atoms with van der Waals surface area (Å²) < 4.78 is 5.90. The van der Waals surface area contributed by atoms with Gasteiger partial charge in [0.1, 0.15) is 5.75 Å². The second-order valence-electron chi connectivity index (χ2n) is 8.97. The van der Waals surface area contributed by atoms with Crippen LogP contribution in [0.15, 0.2) is 91.1 Å². The summed E-state index contributed by atoms with van der Waals surface area (Å²) >= 11 is 0. The highest BCUT2D eigenvalue weighted by molar-refractivity contribution is 5.69. The van der Waals surface area contributed by atoms with Crippen LogP contribution in [0.4, 0.5) is 0 Å². The minimum absolute atomic E-state index is 0.315. The number of benzene rings is 3. The average molecular weight is 465 g/mol. The molecule has 3 heteroatoms. The summed E-state index contributed by atoms with van der Waals surface area (Å²) in [7, 11) is 1.76. The molecule has 0 spiro atoms. The van der Waals surface area contributed by atoms with Crippen LogP contribution in [0.2, 0.25) is 0 Å². The number of pyridine rings is 1. The Morgan fingerprint density at radius 1 is 0.800 bits per heavy atom. The zero-order valence-corrected chi connectivity index (χ0v) is 21.1. The topological polar surface area (TPSA) is 34.1 Å². The van der Waals surface area contributed by atoms with Crippen molar-refractivity contribution in [2.75, 3.05) is 13.7 Å². The van der Waals surface area contributed by atoms with E-state index in [1.54, 1.807) is 7.11 Å². The number of aromatic nitrogens is 1. The maximum absolute atomic E-state index is 5.90. The third-order valence-corrected chi connectivity index (χ3v) is 6.72. The normalized spacial score (nSPS) is 11.9. The quantitative estimate of drug-likeness (QED) is 0.259. The number of hydrogen-bond donors (Lipinski definition) is 1. The van der Waals surface area contributed by atoms with Crippen LogP contribution in [0.3, 0.4) is 0 Å². The Kier molecular flexibility index (Phi) is 8.69. The van der Waals surface area contributed by atoms with Crippen LogP contribution in [-0.4, -0.2) is 18.6 Å². The van der Waals surface area contributed by atoms with Crippen LogP contribution in [0.25, 0.3) is 11.3 Å². The number of hydrogen-bond acceptors (Lipinski definition) is 3. The third-order valence-electron chi connectivity index (χ3n) is 6.72. The van der Waals surface area contributed by atoms with Crippen molar-refractivity contribution in [2.24, 2.45) is 0 Å². The van der Waals surface area contributed by atoms with E-state index in [1.807, 2.05) is 6.20 Å². The lowest BCUT2D eigenvalue weighted by Gasteiger charge is -2.21. The molecule has 1 unspecified atom stereocenters. The molecule has 0 aliphatic carbocycles. The monoisotopic (exact) mass is 464 g/mol. The van der Waals surface area contributed by atoms with E-state index in [0.29, 0.717) is 5.92 Å². The molecule has 180 valence electrons. The summed E-state index contributed by atoms with van der Waals surface area (Å²) in [5.41, 5.74) is 8.68. The van der Waals surface area contributed by atoms with Crippen molar-refractivity contribution in [3.05, 3.63) is 119 Å². The highest BCUT2D eigenvalue weighted by Gasteiger charge is 2.18. The van der Waals surface area contributed by atoms with Gasteiger partial charge in [0.2, 0.25) is 0 Å². The first-order valence-corrected chi connectivity index (χ1v) is 12.7. The first-order valence-electron chi connectivity index (χ1n) is 12.7. The molecule has 3 aromatic carbocycles. The number of methoxy groups -OCH3 is 1. The molecule has 0 amide bonds. The van der Waals surface area contributed by atoms with Gasteiger partial charge in [0.25, 0.3) is 0 Å². The molecule has 4 aromatic rings. The molecule has 0 bridgehead atoms. The van der Waals surface area contributed by atoms with Crippen molar-refractivity contribution in [1.82, 2.24) is 10.3 Å². The Labute approximate surface area is 210 Å². The predicted octanol–water partition coefficient (Wildman–Crippen LogP) is 7.00. The predicted molar refractivity (Wildman–Crippen MR) is 146 cm³/mol. The molecule has 0 aliphatic rings. The molecule has 0 saturated heterocycles. The first kappa shape index (κ1) is 24.7. The molecule has 0 aliphatic heterocycles. The number of nitrogens with zero attached hydrogens (tertiary/aromatic N) is 1. The first-order chi connectivity index (χ1) is 17.2. The minimum atomic E-state index is 0.315. The minimum Gasteiger partial charge on any atom is -0.496 e. The lowest BCUT2D eigenvalue weighted by molar-refractivity contribution is 0.406. The Morgan fingerprint density at radius 2 is 1.46 bits per heavy atom. The van der Waals surface area contributed by atoms with Gasteiger partial charge in [-0.1, -0.05) is 92.7 Å². The Hall–Kier alpha value is -3.43. The Bertz CT molecular complexity index is 1180. The number of aryl methyl sites for hydroxylation is 2. The maximum atomic E-state index is 5.90. The number of rotatable bonds is 11. The van der Waals surface area contributed by atoms with E-state index in [1.165, 1.54) is 27.8 Å². The fourth-order valence-corrected chi connectivity index (χ4v) is 4.80. The fourth-order valence-electron chi connectivity index (χ4n) is 4.80. The van der Waals surface area contributed by atoms with Crippen LogP contribution in [0.5, 0.6) is 5.75 Å². The largest absolute Gasteiger partial charge is 0.496 e. The van der Waals surface area contributed by atoms with Gasteiger partial charge in [-0.25, -0.2) is 0 Å². The van der Waals surface area contributed by atoms with Gasteiger partial charge in [-0.15, -0.1) is 0 Å². The molecule has 4 rings (SSSR count). The molecule has 0 saturated carbocycles. The highest BCUT2D eigenvalue weighted by atomic mass is 16.5. The summed E-state index contributed by atoms with van der Waals surface area (Å²) in [5.74, 6) is 1.22. The summed E-state index contributed by atoms with van der Waals surface area (Å²) in [5, 5.41) is 3.66. The van der Waals surface area contributed by atoms with E-state index in [9.17, 15) is 0 Å². The zero-order valence-electron chi connectivity index (χ0n) is 21.1. The lowest BCUT2D eigenvalue weighted by atomic mass is 9.91. The van der Waals surface area contributed by atoms with Crippen LogP contribution < -0.4 is 10.1 Å². The van der Waals surface area contributed by atoms with Gasteiger partial charge in [0.05, 0.1) is 12.8 Å². The fraction of sp³-hybridized carbons (Fsp3) is 0.281. The molecule has 1 N–H and O–H groups in total. The molecular weight excluding hydrogens is 428 g/mol. The van der Waals surface area contributed by atoms with E-state index in [0.717, 1.165) is 49.4 Å². The SMILES string of the molecule is CCc1cccc(CC)c1-c1cc(OC)c(CC(CNCc2ccccc2)c2ccccc2)cn1. The van der Waals surface area contributed by atoms with Crippen LogP contribution in [0.1, 0.15) is 47.6 Å². The third kappa shape index (κ3) is 6.17. The highest BCUT2D eigenvalue weighted by Crippen LogP contribution is 2.33. The number of ether oxygens (including phenoxy) is 1. The molecule has 1 heterocycles.